The molecule has 34 valence electrons. The first kappa shape index (κ1) is 48.8. The summed E-state index contributed by atoms with van der Waals surface area (Å²) in [4.78, 5) is 0. The number of halogens is 3. The molecule has 0 N–H and O–H groups in total. The van der Waals surface area contributed by atoms with Crippen LogP contribution in [-0.4, -0.2) is 0 Å². The third kappa shape index (κ3) is 20.6. The summed E-state index contributed by atoms with van der Waals surface area (Å²) >= 11 is 0. The van der Waals surface area contributed by atoms with E-state index < -0.39 is 0 Å². The minimum absolute atomic E-state index is 0. The van der Waals surface area contributed by atoms with Crippen molar-refractivity contribution in [3.8, 4) is 0 Å². The molecule has 0 aromatic rings. The van der Waals surface area contributed by atoms with Crippen molar-refractivity contribution >= 4 is 0 Å². The topological polar surface area (TPSA) is 0 Å². The predicted molar refractivity (Wildman–Crippen MR) is 0 cm³/mol. The summed E-state index contributed by atoms with van der Waals surface area (Å²) < 4.78 is 0. The monoisotopic (exact) mass is 339 g/mol. The minimum Gasteiger partial charge on any atom is -1.00 e. The Balaban J connectivity index is 0. The minimum atomic E-state index is 0. The molecule has 0 aliphatic heterocycles. The fraction of sp³-hybridized carbons (Fsp3) is 0. The van der Waals surface area contributed by atoms with Crippen LogP contribution in [0.15, 0.2) is 0 Å². The van der Waals surface area contributed by atoms with Crippen molar-refractivity contribution in [2.45, 2.75) is 0 Å². The van der Waals surface area contributed by atoms with Gasteiger partial charge in [0.1, 0.15) is 0 Å². The van der Waals surface area contributed by atoms with E-state index in [1.807, 2.05) is 0 Å². The molecule has 0 aliphatic carbocycles. The Morgan fingerprint density at radius 1 is 0.400 bits per heavy atom. The molecular formula is Br3V2-3. The van der Waals surface area contributed by atoms with Crippen molar-refractivity contribution in [3.63, 3.8) is 0 Å². The van der Waals surface area contributed by atoms with E-state index in [1.165, 1.54) is 0 Å². The van der Waals surface area contributed by atoms with Crippen molar-refractivity contribution in [3.05, 3.63) is 0 Å². The first-order valence-corrected chi connectivity index (χ1v) is 0. The van der Waals surface area contributed by atoms with E-state index in [0.717, 1.165) is 0 Å². The van der Waals surface area contributed by atoms with E-state index in [-0.39, 0.29) is 88.1 Å². The Hall–Kier alpha value is 2.61. The predicted octanol–water partition coefficient (Wildman–Crippen LogP) is -8.99. The van der Waals surface area contributed by atoms with Crippen molar-refractivity contribution in [1.82, 2.24) is 0 Å². The van der Waals surface area contributed by atoms with Gasteiger partial charge in [-0.1, -0.05) is 0 Å². The zero-order valence-electron chi connectivity index (χ0n) is 2.03. The molecule has 0 spiro atoms. The molecule has 0 aromatic heterocycles. The molecule has 0 saturated carbocycles. The zero-order chi connectivity index (χ0) is 0. The Morgan fingerprint density at radius 3 is 0.400 bits per heavy atom. The Bertz CT molecular complexity index is 4.85. The van der Waals surface area contributed by atoms with E-state index >= 15 is 0 Å². The number of hydrogen-bond donors (Lipinski definition) is 0. The van der Waals surface area contributed by atoms with Crippen LogP contribution in [-0.2, 0) is 37.1 Å². The molecule has 0 aliphatic rings. The number of hydrogen-bond acceptors (Lipinski definition) is 0. The molecule has 0 amide bonds. The van der Waals surface area contributed by atoms with Crippen molar-refractivity contribution in [1.29, 1.82) is 0 Å². The van der Waals surface area contributed by atoms with Crippen LogP contribution < -0.4 is 50.9 Å². The summed E-state index contributed by atoms with van der Waals surface area (Å²) in [7, 11) is 0. The van der Waals surface area contributed by atoms with Crippen LogP contribution in [0.4, 0.5) is 0 Å². The smallest absolute Gasteiger partial charge is 0 e. The fourth-order valence-corrected chi connectivity index (χ4v) is 0. The third-order valence-electron chi connectivity index (χ3n) is 0. The molecule has 0 atom stereocenters. The second kappa shape index (κ2) is 30.5. The second-order valence-electron chi connectivity index (χ2n) is 0. The summed E-state index contributed by atoms with van der Waals surface area (Å²) in [5, 5.41) is 0. The van der Waals surface area contributed by atoms with Crippen LogP contribution >= 0.6 is 0 Å². The van der Waals surface area contributed by atoms with Gasteiger partial charge in [-0.25, -0.2) is 0 Å². The molecule has 0 saturated heterocycles. The zero-order valence-corrected chi connectivity index (χ0v) is 9.58. The Labute approximate surface area is 86.9 Å². The standard InChI is InChI=1S/3BrH.2V/h3*1H;;/p-3. The average molecular weight is 342 g/mol. The SMILES string of the molecule is [Br-].[Br-].[Br-].[V].[V]. The van der Waals surface area contributed by atoms with E-state index in [2.05, 4.69) is 0 Å². The van der Waals surface area contributed by atoms with Gasteiger partial charge in [-0.3, -0.25) is 0 Å². The van der Waals surface area contributed by atoms with Gasteiger partial charge >= 0.3 is 0 Å². The van der Waals surface area contributed by atoms with Gasteiger partial charge in [0.25, 0.3) is 0 Å². The molecule has 0 nitrogen and oxygen atoms in total. The van der Waals surface area contributed by atoms with E-state index in [1.54, 1.807) is 0 Å². The van der Waals surface area contributed by atoms with Crippen LogP contribution in [0, 0.1) is 0 Å². The van der Waals surface area contributed by atoms with Crippen LogP contribution in [0.25, 0.3) is 0 Å². The van der Waals surface area contributed by atoms with Gasteiger partial charge in [-0.2, -0.15) is 0 Å². The largest absolute Gasteiger partial charge is 1.00 e. The average Bonchev–Trinajstić information content (AvgIpc) is 0. The van der Waals surface area contributed by atoms with Gasteiger partial charge in [0.15, 0.2) is 0 Å². The molecule has 5 heavy (non-hydrogen) atoms. The van der Waals surface area contributed by atoms with E-state index in [9.17, 15) is 0 Å². The van der Waals surface area contributed by atoms with Crippen LogP contribution in [0.5, 0.6) is 0 Å². The van der Waals surface area contributed by atoms with Crippen LogP contribution in [0.1, 0.15) is 0 Å². The summed E-state index contributed by atoms with van der Waals surface area (Å²) in [6.07, 6.45) is 0. The van der Waals surface area contributed by atoms with Crippen molar-refractivity contribution in [2.75, 3.05) is 0 Å². The van der Waals surface area contributed by atoms with Gasteiger partial charge in [-0.05, 0) is 0 Å². The normalized spacial score (nSPS) is 0. The van der Waals surface area contributed by atoms with Crippen molar-refractivity contribution in [2.24, 2.45) is 0 Å². The molecule has 5 heteroatoms. The molecular weight excluding hydrogens is 342 g/mol. The summed E-state index contributed by atoms with van der Waals surface area (Å²) in [6, 6.07) is 0. The molecule has 0 fully saturated rings. The van der Waals surface area contributed by atoms with Crippen LogP contribution in [0.3, 0.4) is 0 Å². The molecule has 0 bridgehead atoms. The van der Waals surface area contributed by atoms with E-state index in [0.29, 0.717) is 0 Å². The summed E-state index contributed by atoms with van der Waals surface area (Å²) in [5.74, 6) is 0. The maximum Gasteiger partial charge on any atom is 0 e. The molecule has 0 heterocycles. The van der Waals surface area contributed by atoms with Gasteiger partial charge in [0.2, 0.25) is 0 Å². The van der Waals surface area contributed by atoms with Gasteiger partial charge in [0, 0.05) is 37.1 Å². The third-order valence-corrected chi connectivity index (χ3v) is 0. The fourth-order valence-electron chi connectivity index (χ4n) is 0. The van der Waals surface area contributed by atoms with Gasteiger partial charge < -0.3 is 50.9 Å². The van der Waals surface area contributed by atoms with Gasteiger partial charge in [-0.15, -0.1) is 0 Å². The second-order valence-corrected chi connectivity index (χ2v) is 0. The van der Waals surface area contributed by atoms with E-state index in [4.69, 9.17) is 0 Å². The Kier molecular flexibility index (Phi) is 298. The molecule has 0 rings (SSSR count). The number of rotatable bonds is 0. The molecule has 0 aromatic carbocycles. The first-order chi connectivity index (χ1) is 0. The summed E-state index contributed by atoms with van der Waals surface area (Å²) in [6.45, 7) is 0. The first-order valence-electron chi connectivity index (χ1n) is 0. The quantitative estimate of drug-likeness (QED) is 0.411. The van der Waals surface area contributed by atoms with Gasteiger partial charge in [0.05, 0.1) is 0 Å². The maximum atomic E-state index is 0. The Morgan fingerprint density at radius 2 is 0.400 bits per heavy atom. The molecule has 2 radical (unpaired) electrons. The molecule has 0 unspecified atom stereocenters. The van der Waals surface area contributed by atoms with Crippen LogP contribution in [0.2, 0.25) is 0 Å². The maximum absolute atomic E-state index is 0. The van der Waals surface area contributed by atoms with Crippen molar-refractivity contribution < 1.29 is 88.1 Å². The summed E-state index contributed by atoms with van der Waals surface area (Å²) in [5.41, 5.74) is 0.